The molecule has 0 aliphatic rings. The van der Waals surface area contributed by atoms with Gasteiger partial charge in [-0.2, -0.15) is 0 Å². The third kappa shape index (κ3) is 5.43. The van der Waals surface area contributed by atoms with Gasteiger partial charge in [-0.25, -0.2) is 4.39 Å². The summed E-state index contributed by atoms with van der Waals surface area (Å²) in [6.45, 7) is 1.68. The molecule has 0 unspecified atom stereocenters. The van der Waals surface area contributed by atoms with Crippen LogP contribution in [0.5, 0.6) is 5.75 Å². The first-order valence-corrected chi connectivity index (χ1v) is 7.05. The predicted molar refractivity (Wildman–Crippen MR) is 83.1 cm³/mol. The Hall–Kier alpha value is -2.89. The van der Waals surface area contributed by atoms with E-state index in [-0.39, 0.29) is 18.6 Å². The highest BCUT2D eigenvalue weighted by Crippen LogP contribution is 2.11. The fourth-order valence-electron chi connectivity index (χ4n) is 1.89. The second-order valence-electron chi connectivity index (χ2n) is 4.97. The zero-order valence-corrected chi connectivity index (χ0v) is 12.6. The zero-order valence-electron chi connectivity index (χ0n) is 12.6. The minimum Gasteiger partial charge on any atom is -0.484 e. The number of hydrazine groups is 1. The zero-order chi connectivity index (χ0) is 16.7. The van der Waals surface area contributed by atoms with Crippen LogP contribution in [0.15, 0.2) is 48.5 Å². The summed E-state index contributed by atoms with van der Waals surface area (Å²) < 4.78 is 18.7. The Bertz CT molecular complexity index is 704. The van der Waals surface area contributed by atoms with E-state index in [1.807, 2.05) is 19.1 Å². The van der Waals surface area contributed by atoms with Gasteiger partial charge in [0.25, 0.3) is 5.91 Å². The van der Waals surface area contributed by atoms with Gasteiger partial charge < -0.3 is 4.74 Å². The van der Waals surface area contributed by atoms with Crippen molar-refractivity contribution in [3.63, 3.8) is 0 Å². The second kappa shape index (κ2) is 7.93. The fourth-order valence-corrected chi connectivity index (χ4v) is 1.89. The lowest BCUT2D eigenvalue weighted by atomic mass is 10.1. The number of ether oxygens (including phenoxy) is 1. The van der Waals surface area contributed by atoms with Crippen LogP contribution >= 0.6 is 0 Å². The number of carbonyl (C=O) groups is 2. The number of carbonyl (C=O) groups excluding carboxylic acids is 2. The second-order valence-corrected chi connectivity index (χ2v) is 4.97. The first-order valence-electron chi connectivity index (χ1n) is 7.05. The Morgan fingerprint density at radius 2 is 1.78 bits per heavy atom. The molecule has 2 rings (SSSR count). The standard InChI is InChI=1S/C17H17FN2O3/c1-12-5-4-7-14(9-12)23-11-17(22)20-19-16(21)10-13-6-2-3-8-15(13)18/h2-9H,10-11H2,1H3,(H,19,21)(H,20,22). The van der Waals surface area contributed by atoms with E-state index in [2.05, 4.69) is 10.9 Å². The van der Waals surface area contributed by atoms with E-state index in [0.717, 1.165) is 5.56 Å². The number of halogens is 1. The summed E-state index contributed by atoms with van der Waals surface area (Å²) in [5.74, 6) is -0.915. The van der Waals surface area contributed by atoms with Gasteiger partial charge in [-0.1, -0.05) is 30.3 Å². The van der Waals surface area contributed by atoms with Crippen molar-refractivity contribution >= 4 is 11.8 Å². The van der Waals surface area contributed by atoms with Crippen molar-refractivity contribution in [2.75, 3.05) is 6.61 Å². The van der Waals surface area contributed by atoms with Crippen LogP contribution in [0.2, 0.25) is 0 Å². The van der Waals surface area contributed by atoms with Crippen LogP contribution in [0.4, 0.5) is 4.39 Å². The Balaban J connectivity index is 1.74. The van der Waals surface area contributed by atoms with E-state index in [1.54, 1.807) is 24.3 Å². The third-order valence-electron chi connectivity index (χ3n) is 3.01. The molecule has 5 nitrogen and oxygen atoms in total. The number of aryl methyl sites for hydroxylation is 1. The molecule has 0 atom stereocenters. The van der Waals surface area contributed by atoms with Gasteiger partial charge in [-0.3, -0.25) is 20.4 Å². The molecule has 120 valence electrons. The summed E-state index contributed by atoms with van der Waals surface area (Å²) in [6.07, 6.45) is -0.161. The largest absolute Gasteiger partial charge is 0.484 e. The molecule has 0 saturated heterocycles. The molecule has 6 heteroatoms. The normalized spacial score (nSPS) is 10.0. The number of hydrogen-bond donors (Lipinski definition) is 2. The summed E-state index contributed by atoms with van der Waals surface area (Å²) in [4.78, 5) is 23.3. The van der Waals surface area contributed by atoms with E-state index in [0.29, 0.717) is 5.75 Å². The molecular weight excluding hydrogens is 299 g/mol. The molecule has 0 aromatic heterocycles. The van der Waals surface area contributed by atoms with Gasteiger partial charge in [0.2, 0.25) is 5.91 Å². The monoisotopic (exact) mass is 316 g/mol. The quantitative estimate of drug-likeness (QED) is 0.828. The topological polar surface area (TPSA) is 67.4 Å². The van der Waals surface area contributed by atoms with E-state index < -0.39 is 17.6 Å². The van der Waals surface area contributed by atoms with Crippen LogP contribution in [-0.4, -0.2) is 18.4 Å². The summed E-state index contributed by atoms with van der Waals surface area (Å²) >= 11 is 0. The van der Waals surface area contributed by atoms with Gasteiger partial charge >= 0.3 is 0 Å². The first kappa shape index (κ1) is 16.5. The van der Waals surface area contributed by atoms with Gasteiger partial charge in [0.15, 0.2) is 6.61 Å². The van der Waals surface area contributed by atoms with Crippen molar-refractivity contribution in [1.29, 1.82) is 0 Å². The van der Waals surface area contributed by atoms with Crippen molar-refractivity contribution in [3.05, 3.63) is 65.5 Å². The highest BCUT2D eigenvalue weighted by Gasteiger charge is 2.09. The fraction of sp³-hybridized carbons (Fsp3) is 0.176. The molecule has 0 spiro atoms. The van der Waals surface area contributed by atoms with Crippen molar-refractivity contribution in [2.45, 2.75) is 13.3 Å². The van der Waals surface area contributed by atoms with Gasteiger partial charge in [0, 0.05) is 0 Å². The number of nitrogens with one attached hydrogen (secondary N) is 2. The van der Waals surface area contributed by atoms with Crippen molar-refractivity contribution in [2.24, 2.45) is 0 Å². The van der Waals surface area contributed by atoms with Crippen LogP contribution in [0.1, 0.15) is 11.1 Å². The van der Waals surface area contributed by atoms with E-state index in [4.69, 9.17) is 4.74 Å². The van der Waals surface area contributed by atoms with Crippen LogP contribution in [-0.2, 0) is 16.0 Å². The lowest BCUT2D eigenvalue weighted by molar-refractivity contribution is -0.129. The maximum absolute atomic E-state index is 13.4. The number of rotatable bonds is 5. The van der Waals surface area contributed by atoms with Crippen LogP contribution in [0.25, 0.3) is 0 Å². The number of amides is 2. The molecule has 0 aliphatic carbocycles. The average molecular weight is 316 g/mol. The summed E-state index contributed by atoms with van der Waals surface area (Å²) in [7, 11) is 0. The SMILES string of the molecule is Cc1cccc(OCC(=O)NNC(=O)Cc2ccccc2F)c1. The van der Waals surface area contributed by atoms with Crippen LogP contribution in [0.3, 0.4) is 0 Å². The molecule has 23 heavy (non-hydrogen) atoms. The molecule has 2 aromatic rings. The first-order chi connectivity index (χ1) is 11.0. The van der Waals surface area contributed by atoms with Gasteiger partial charge in [0.1, 0.15) is 11.6 Å². The summed E-state index contributed by atoms with van der Waals surface area (Å²) in [5, 5.41) is 0. The van der Waals surface area contributed by atoms with E-state index >= 15 is 0 Å². The van der Waals surface area contributed by atoms with Gasteiger partial charge in [-0.05, 0) is 36.2 Å². The molecular formula is C17H17FN2O3. The number of hydrogen-bond acceptors (Lipinski definition) is 3. The Kier molecular flexibility index (Phi) is 5.68. The van der Waals surface area contributed by atoms with E-state index in [9.17, 15) is 14.0 Å². The Morgan fingerprint density at radius 3 is 2.52 bits per heavy atom. The summed E-state index contributed by atoms with van der Waals surface area (Å²) in [5.41, 5.74) is 5.72. The maximum atomic E-state index is 13.4. The van der Waals surface area contributed by atoms with Crippen LogP contribution < -0.4 is 15.6 Å². The van der Waals surface area contributed by atoms with Gasteiger partial charge in [0.05, 0.1) is 6.42 Å². The molecule has 2 amide bonds. The smallest absolute Gasteiger partial charge is 0.276 e. The summed E-state index contributed by atoms with van der Waals surface area (Å²) in [6, 6.07) is 13.2. The molecule has 2 aromatic carbocycles. The molecule has 0 fully saturated rings. The van der Waals surface area contributed by atoms with Crippen molar-refractivity contribution in [1.82, 2.24) is 10.9 Å². The predicted octanol–water partition coefficient (Wildman–Crippen LogP) is 1.90. The van der Waals surface area contributed by atoms with Crippen molar-refractivity contribution in [3.8, 4) is 5.75 Å². The molecule has 0 bridgehead atoms. The van der Waals surface area contributed by atoms with E-state index in [1.165, 1.54) is 12.1 Å². The third-order valence-corrected chi connectivity index (χ3v) is 3.01. The molecule has 2 N–H and O–H groups in total. The minimum atomic E-state index is -0.515. The lowest BCUT2D eigenvalue weighted by Gasteiger charge is -2.09. The van der Waals surface area contributed by atoms with Crippen LogP contribution in [0, 0.1) is 12.7 Å². The highest BCUT2D eigenvalue weighted by atomic mass is 19.1. The Morgan fingerprint density at radius 1 is 1.04 bits per heavy atom. The lowest BCUT2D eigenvalue weighted by Crippen LogP contribution is -2.44. The number of benzene rings is 2. The highest BCUT2D eigenvalue weighted by molar-refractivity contribution is 5.83. The maximum Gasteiger partial charge on any atom is 0.276 e. The minimum absolute atomic E-state index is 0.161. The Labute approximate surface area is 133 Å². The van der Waals surface area contributed by atoms with Crippen molar-refractivity contribution < 1.29 is 18.7 Å². The molecule has 0 heterocycles. The molecule has 0 radical (unpaired) electrons. The molecule has 0 aliphatic heterocycles. The average Bonchev–Trinajstić information content (AvgIpc) is 2.53. The van der Waals surface area contributed by atoms with Gasteiger partial charge in [-0.15, -0.1) is 0 Å². The molecule has 0 saturated carbocycles.